The molecule has 0 bridgehead atoms. The molecule has 2 atom stereocenters. The fraction of sp³-hybridized carbons (Fsp3) is 0.182. The van der Waals surface area contributed by atoms with Gasteiger partial charge < -0.3 is 19.6 Å². The van der Waals surface area contributed by atoms with Gasteiger partial charge in [-0.15, -0.1) is 34.9 Å². The highest BCUT2D eigenvalue weighted by molar-refractivity contribution is 8.18. The smallest absolute Gasteiger partial charge is 0.413 e. The van der Waals surface area contributed by atoms with Gasteiger partial charge in [0.15, 0.2) is 16.9 Å². The van der Waals surface area contributed by atoms with Crippen LogP contribution in [0.25, 0.3) is 0 Å². The number of esters is 1. The van der Waals surface area contributed by atoms with Crippen LogP contribution in [0.5, 0.6) is 0 Å². The summed E-state index contributed by atoms with van der Waals surface area (Å²) in [6.45, 7) is 5.23. The molecule has 3 amide bonds. The van der Waals surface area contributed by atoms with Gasteiger partial charge in [-0.1, -0.05) is 175 Å². The average Bonchev–Trinajstić information content (AvgIpc) is 3.86. The maximum atomic E-state index is 15.0. The summed E-state index contributed by atoms with van der Waals surface area (Å²) in [5, 5.41) is 12.6. The molecule has 364 valence electrons. The number of carbonyl (C=O) groups excluding carboxylic acids is 4. The van der Waals surface area contributed by atoms with E-state index in [-0.39, 0.29) is 22.2 Å². The summed E-state index contributed by atoms with van der Waals surface area (Å²) in [5.74, 6) is -1.62. The van der Waals surface area contributed by atoms with Gasteiger partial charge in [-0.2, -0.15) is 0 Å². The van der Waals surface area contributed by atoms with Crippen LogP contribution in [0.3, 0.4) is 0 Å². The summed E-state index contributed by atoms with van der Waals surface area (Å²) in [6.07, 6.45) is 0.213. The number of nitrogens with one attached hydrogen (secondary N) is 2. The van der Waals surface area contributed by atoms with E-state index in [4.69, 9.17) is 14.3 Å². The van der Waals surface area contributed by atoms with E-state index in [9.17, 15) is 19.2 Å². The zero-order valence-electron chi connectivity index (χ0n) is 39.2. The molecule has 9 rings (SSSR count). The van der Waals surface area contributed by atoms with Crippen LogP contribution in [0.2, 0.25) is 0 Å². The Kier molecular flexibility index (Phi) is 15.6. The van der Waals surface area contributed by atoms with Crippen LogP contribution in [-0.2, 0) is 34.3 Å². The summed E-state index contributed by atoms with van der Waals surface area (Å²) in [4.78, 5) is 75.2. The van der Waals surface area contributed by atoms with E-state index >= 15 is 0 Å². The molecule has 72 heavy (non-hydrogen) atoms. The Morgan fingerprint density at radius 2 is 1.32 bits per heavy atom. The van der Waals surface area contributed by atoms with Gasteiger partial charge in [0, 0.05) is 44.0 Å². The number of thioether (sulfide) groups is 3. The van der Waals surface area contributed by atoms with Gasteiger partial charge in [-0.05, 0) is 44.0 Å². The van der Waals surface area contributed by atoms with E-state index in [0.717, 1.165) is 44.2 Å². The number of thiazole rings is 1. The number of fused-ring (bicyclic) bond motifs is 1. The Bertz CT molecular complexity index is 2930. The Hall–Kier alpha value is -7.18. The Balaban J connectivity index is 1.06. The fourth-order valence-electron chi connectivity index (χ4n) is 8.07. The second-order valence-electron chi connectivity index (χ2n) is 17.3. The van der Waals surface area contributed by atoms with Gasteiger partial charge in [0.25, 0.3) is 11.8 Å². The van der Waals surface area contributed by atoms with Crippen molar-refractivity contribution in [1.29, 1.82) is 0 Å². The normalized spacial score (nSPS) is 15.8. The summed E-state index contributed by atoms with van der Waals surface area (Å²) >= 11 is 5.42. The number of oxime groups is 1. The standard InChI is InChI=1S/C55H48N6O7S4/c1-54(2,3)67-53(65)59-52-57-41(33-70-52)44(60-68-55(38-25-13-6-14-26-38,39-27-15-7-16-28-39)40-29-17-8-18-30-40)48(62)58-45-49(63)61-46(42(34-69-50(45)61)71-35-72-43-31-19-20-32-56-43)51(64)66-47(36-21-9-4-10-22-36)37-23-11-5-12-24-37/h4-33,45,47,50H,34-35H2,1-3H3,(H,58,62)(H,57,59,65)/t45-,50+/m1/s1. The number of hydrogen-bond acceptors (Lipinski definition) is 14. The molecule has 5 aromatic carbocycles. The molecule has 17 heteroatoms. The molecule has 0 unspecified atom stereocenters. The molecule has 0 spiro atoms. The van der Waals surface area contributed by atoms with Crippen LogP contribution in [0.4, 0.5) is 9.93 Å². The molecule has 0 radical (unpaired) electrons. The van der Waals surface area contributed by atoms with E-state index in [0.29, 0.717) is 15.7 Å². The van der Waals surface area contributed by atoms with Crippen molar-refractivity contribution in [1.82, 2.24) is 20.2 Å². The Morgan fingerprint density at radius 1 is 0.764 bits per heavy atom. The van der Waals surface area contributed by atoms with E-state index in [1.165, 1.54) is 40.2 Å². The quantitative estimate of drug-likeness (QED) is 0.0169. The first kappa shape index (κ1) is 49.8. The number of amides is 3. The average molecular weight is 1030 g/mol. The van der Waals surface area contributed by atoms with Crippen LogP contribution in [0.1, 0.15) is 60.4 Å². The van der Waals surface area contributed by atoms with Crippen molar-refractivity contribution in [2.75, 3.05) is 16.2 Å². The molecule has 1 fully saturated rings. The lowest BCUT2D eigenvalue weighted by atomic mass is 9.80. The van der Waals surface area contributed by atoms with E-state index in [1.54, 1.807) is 32.3 Å². The predicted molar refractivity (Wildman–Crippen MR) is 284 cm³/mol. The number of pyridine rings is 1. The molecule has 2 aliphatic rings. The van der Waals surface area contributed by atoms with Gasteiger partial charge in [-0.25, -0.2) is 19.6 Å². The summed E-state index contributed by atoms with van der Waals surface area (Å²) in [5.41, 5.74) is 1.43. The summed E-state index contributed by atoms with van der Waals surface area (Å²) in [7, 11) is 0. The van der Waals surface area contributed by atoms with Gasteiger partial charge in [0.05, 0.1) is 5.03 Å². The highest BCUT2D eigenvalue weighted by Gasteiger charge is 2.55. The van der Waals surface area contributed by atoms with Gasteiger partial charge in [0.2, 0.25) is 5.60 Å². The third-order valence-corrected chi connectivity index (χ3v) is 15.7. The number of benzene rings is 5. The van der Waals surface area contributed by atoms with Crippen molar-refractivity contribution in [3.05, 3.63) is 226 Å². The molecule has 7 aromatic rings. The molecule has 4 heterocycles. The van der Waals surface area contributed by atoms with E-state index in [2.05, 4.69) is 25.8 Å². The first-order valence-corrected chi connectivity index (χ1v) is 26.7. The minimum Gasteiger partial charge on any atom is -0.448 e. The first-order chi connectivity index (χ1) is 35.0. The number of ether oxygens (including phenoxy) is 2. The van der Waals surface area contributed by atoms with Crippen LogP contribution in [-0.4, -0.2) is 72.3 Å². The number of anilines is 1. The largest absolute Gasteiger partial charge is 0.448 e. The maximum Gasteiger partial charge on any atom is 0.413 e. The Morgan fingerprint density at radius 3 is 1.86 bits per heavy atom. The van der Waals surface area contributed by atoms with Crippen molar-refractivity contribution in [3.8, 4) is 0 Å². The van der Waals surface area contributed by atoms with Crippen LogP contribution in [0.15, 0.2) is 202 Å². The highest BCUT2D eigenvalue weighted by atomic mass is 32.2. The molecule has 2 aliphatic heterocycles. The van der Waals surface area contributed by atoms with Gasteiger partial charge in [-0.3, -0.25) is 19.8 Å². The molecule has 1 saturated heterocycles. The predicted octanol–water partition coefficient (Wildman–Crippen LogP) is 11.0. The lowest BCUT2D eigenvalue weighted by molar-refractivity contribution is -0.154. The monoisotopic (exact) mass is 1030 g/mol. The number of nitrogens with zero attached hydrogens (tertiary/aromatic N) is 4. The van der Waals surface area contributed by atoms with Crippen molar-refractivity contribution < 1.29 is 33.5 Å². The molecule has 2 aromatic heterocycles. The second-order valence-corrected chi connectivity index (χ2v) is 21.7. The molecule has 2 N–H and O–H groups in total. The van der Waals surface area contributed by atoms with Crippen molar-refractivity contribution in [2.45, 2.75) is 54.5 Å². The lowest BCUT2D eigenvalue weighted by Crippen LogP contribution is -2.71. The summed E-state index contributed by atoms with van der Waals surface area (Å²) in [6, 6.07) is 52.1. The fourth-order valence-corrected chi connectivity index (χ4v) is 12.4. The second kappa shape index (κ2) is 22.5. The molecule has 13 nitrogen and oxygen atoms in total. The SMILES string of the molecule is CC(C)(C)OC(=O)Nc1nc(C(=NOC(c2ccccc2)(c2ccccc2)c2ccccc2)C(=O)N[C@@H]2C(=O)N3C(C(=O)OC(c4ccccc4)c4ccccc4)=C(SCSc4ccccn4)CS[C@@H]23)cs1. The van der Waals surface area contributed by atoms with Crippen LogP contribution < -0.4 is 10.6 Å². The minimum atomic E-state index is -1.38. The number of β-lactam (4-membered cyclic amide) rings is 1. The third kappa shape index (κ3) is 11.3. The molecule has 0 aliphatic carbocycles. The van der Waals surface area contributed by atoms with Crippen LogP contribution >= 0.6 is 46.6 Å². The molecular formula is C55H48N6O7S4. The number of aromatic nitrogens is 2. The number of rotatable bonds is 17. The van der Waals surface area contributed by atoms with Gasteiger partial charge in [0.1, 0.15) is 28.4 Å². The maximum absolute atomic E-state index is 15.0. The van der Waals surface area contributed by atoms with Crippen molar-refractivity contribution in [2.24, 2.45) is 5.16 Å². The minimum absolute atomic E-state index is 0.0627. The van der Waals surface area contributed by atoms with E-state index in [1.807, 2.05) is 170 Å². The van der Waals surface area contributed by atoms with Gasteiger partial charge >= 0.3 is 12.1 Å². The highest BCUT2D eigenvalue weighted by Crippen LogP contribution is 2.46. The van der Waals surface area contributed by atoms with E-state index < -0.39 is 52.6 Å². The molecular weight excluding hydrogens is 985 g/mol. The first-order valence-electron chi connectivity index (χ1n) is 22.8. The third-order valence-electron chi connectivity index (χ3n) is 11.3. The van der Waals surface area contributed by atoms with Crippen molar-refractivity contribution >= 4 is 81.3 Å². The summed E-state index contributed by atoms with van der Waals surface area (Å²) < 4.78 is 11.9. The van der Waals surface area contributed by atoms with Crippen molar-refractivity contribution in [3.63, 3.8) is 0 Å². The zero-order valence-corrected chi connectivity index (χ0v) is 42.5. The zero-order chi connectivity index (χ0) is 50.1. The van der Waals surface area contributed by atoms with Crippen LogP contribution in [0, 0.1) is 0 Å². The topological polar surface area (TPSA) is 161 Å². The molecule has 0 saturated carbocycles. The number of hydrogen-bond donors (Lipinski definition) is 2. The lowest BCUT2D eigenvalue weighted by Gasteiger charge is -2.49. The number of carbonyl (C=O) groups is 4. The Labute approximate surface area is 433 Å².